The lowest BCUT2D eigenvalue weighted by molar-refractivity contribution is 0.510. The van der Waals surface area contributed by atoms with E-state index in [2.05, 4.69) is 14.9 Å². The van der Waals surface area contributed by atoms with Gasteiger partial charge in [0, 0.05) is 11.8 Å². The molecule has 6 nitrogen and oxygen atoms in total. The van der Waals surface area contributed by atoms with Crippen LogP contribution in [0.5, 0.6) is 0 Å². The van der Waals surface area contributed by atoms with Gasteiger partial charge in [-0.05, 0) is 12.8 Å². The fourth-order valence-electron chi connectivity index (χ4n) is 1.06. The van der Waals surface area contributed by atoms with Gasteiger partial charge in [0.25, 0.3) is 0 Å². The van der Waals surface area contributed by atoms with Crippen LogP contribution in [0.1, 0.15) is 24.7 Å². The fraction of sp³-hybridized carbons (Fsp3) is 0.714. The lowest BCUT2D eigenvalue weighted by Crippen LogP contribution is -2.17. The predicted octanol–water partition coefficient (Wildman–Crippen LogP) is 0.927. The van der Waals surface area contributed by atoms with E-state index in [0.717, 1.165) is 12.8 Å². The number of nitrogens with zero attached hydrogens (tertiary/aromatic N) is 2. The maximum Gasteiger partial charge on any atom is 0.329 e. The van der Waals surface area contributed by atoms with E-state index in [-0.39, 0.29) is 17.6 Å². The van der Waals surface area contributed by atoms with Crippen molar-refractivity contribution in [1.82, 2.24) is 10.2 Å². The highest BCUT2D eigenvalue weighted by atomic mass is 35.5. The van der Waals surface area contributed by atoms with Gasteiger partial charge >= 0.3 is 6.01 Å². The third-order valence-electron chi connectivity index (χ3n) is 1.96. The first-order valence-corrected chi connectivity index (χ1v) is 6.69. The molecule has 1 fully saturated rings. The molecular formula is C7H10ClN3O3S. The highest BCUT2D eigenvalue weighted by Gasteiger charge is 2.29. The number of hydrogen-bond acceptors (Lipinski definition) is 5. The van der Waals surface area contributed by atoms with Crippen LogP contribution in [0.3, 0.4) is 0 Å². The molecule has 0 radical (unpaired) electrons. The molecule has 8 heteroatoms. The Hall–Kier alpha value is -0.820. The van der Waals surface area contributed by atoms with Gasteiger partial charge in [0.1, 0.15) is 0 Å². The molecule has 0 spiro atoms. The summed E-state index contributed by atoms with van der Waals surface area (Å²) in [5.41, 5.74) is 0. The Balaban J connectivity index is 2.03. The van der Waals surface area contributed by atoms with Crippen molar-refractivity contribution >= 4 is 27.6 Å². The average molecular weight is 252 g/mol. The summed E-state index contributed by atoms with van der Waals surface area (Å²) in [6.07, 6.45) is 2.05. The maximum absolute atomic E-state index is 11.3. The summed E-state index contributed by atoms with van der Waals surface area (Å²) in [6.45, 7) is 0. The normalized spacial score (nSPS) is 16.6. The van der Waals surface area contributed by atoms with Crippen molar-refractivity contribution in [3.63, 3.8) is 0 Å². The lowest BCUT2D eigenvalue weighted by Gasteiger charge is -1.99. The van der Waals surface area contributed by atoms with Crippen LogP contribution in [0.2, 0.25) is 0 Å². The van der Waals surface area contributed by atoms with Crippen molar-refractivity contribution in [2.45, 2.75) is 18.8 Å². The zero-order valence-corrected chi connectivity index (χ0v) is 9.38. The summed E-state index contributed by atoms with van der Waals surface area (Å²) in [4.78, 5) is 0. The standard InChI is InChI=1S/C7H10ClN3O3S/c8-3-4-15(12,13)11-7-10-9-6(14-7)5-1-2-5/h5H,1-4H2,(H,10,11). The Bertz CT molecular complexity index is 440. The topological polar surface area (TPSA) is 85.1 Å². The second kappa shape index (κ2) is 3.97. The number of nitrogens with one attached hydrogen (secondary N) is 1. The zero-order chi connectivity index (χ0) is 10.9. The lowest BCUT2D eigenvalue weighted by atomic mass is 10.4. The molecule has 1 aromatic heterocycles. The summed E-state index contributed by atoms with van der Waals surface area (Å²) in [5, 5.41) is 7.34. The average Bonchev–Trinajstić information content (AvgIpc) is 2.88. The Morgan fingerprint density at radius 3 is 2.80 bits per heavy atom. The van der Waals surface area contributed by atoms with Crippen LogP contribution in [0.15, 0.2) is 4.42 Å². The van der Waals surface area contributed by atoms with Crippen molar-refractivity contribution in [3.8, 4) is 0 Å². The largest absolute Gasteiger partial charge is 0.407 e. The Morgan fingerprint density at radius 1 is 1.47 bits per heavy atom. The summed E-state index contributed by atoms with van der Waals surface area (Å²) in [5.74, 6) is 0.664. The third-order valence-corrected chi connectivity index (χ3v) is 3.60. The molecule has 1 aliphatic rings. The fourth-order valence-corrected chi connectivity index (χ4v) is 2.32. The molecule has 1 aliphatic carbocycles. The molecule has 1 N–H and O–H groups in total. The van der Waals surface area contributed by atoms with Gasteiger partial charge in [0.2, 0.25) is 15.9 Å². The summed E-state index contributed by atoms with van der Waals surface area (Å²) < 4.78 is 29.8. The molecule has 0 saturated heterocycles. The SMILES string of the molecule is O=S(=O)(CCCl)Nc1nnc(C2CC2)o1. The van der Waals surface area contributed by atoms with Crippen LogP contribution in [-0.2, 0) is 10.0 Å². The van der Waals surface area contributed by atoms with E-state index in [1.807, 2.05) is 0 Å². The monoisotopic (exact) mass is 251 g/mol. The zero-order valence-electron chi connectivity index (χ0n) is 7.81. The number of alkyl halides is 1. The molecule has 1 aromatic rings. The third kappa shape index (κ3) is 2.82. The Kier molecular flexibility index (Phi) is 2.83. The minimum atomic E-state index is -3.45. The number of aromatic nitrogens is 2. The first kappa shape index (κ1) is 10.7. The number of hydrogen-bond donors (Lipinski definition) is 1. The summed E-state index contributed by atoms with van der Waals surface area (Å²) in [6, 6.07) is -0.0815. The van der Waals surface area contributed by atoms with E-state index in [1.54, 1.807) is 0 Å². The Labute approximate surface area is 92.1 Å². The highest BCUT2D eigenvalue weighted by Crippen LogP contribution is 2.39. The molecular weight excluding hydrogens is 242 g/mol. The van der Waals surface area contributed by atoms with Crippen molar-refractivity contribution in [2.75, 3.05) is 16.4 Å². The molecule has 15 heavy (non-hydrogen) atoms. The predicted molar refractivity (Wildman–Crippen MR) is 54.4 cm³/mol. The Morgan fingerprint density at radius 2 is 2.20 bits per heavy atom. The van der Waals surface area contributed by atoms with Gasteiger partial charge in [-0.15, -0.1) is 16.7 Å². The van der Waals surface area contributed by atoms with E-state index >= 15 is 0 Å². The molecule has 0 amide bonds. The van der Waals surface area contributed by atoms with E-state index in [9.17, 15) is 8.42 Å². The molecule has 0 atom stereocenters. The highest BCUT2D eigenvalue weighted by molar-refractivity contribution is 7.92. The van der Waals surface area contributed by atoms with Crippen molar-refractivity contribution in [2.24, 2.45) is 0 Å². The van der Waals surface area contributed by atoms with Crippen LogP contribution in [0.4, 0.5) is 6.01 Å². The van der Waals surface area contributed by atoms with Crippen LogP contribution in [0, 0.1) is 0 Å². The molecule has 0 unspecified atom stereocenters. The second-order valence-corrected chi connectivity index (χ2v) is 5.55. The molecule has 0 aliphatic heterocycles. The van der Waals surface area contributed by atoms with Crippen LogP contribution >= 0.6 is 11.6 Å². The molecule has 1 saturated carbocycles. The smallest absolute Gasteiger partial charge is 0.329 e. The van der Waals surface area contributed by atoms with Gasteiger partial charge < -0.3 is 4.42 Å². The number of anilines is 1. The number of sulfonamides is 1. The minimum Gasteiger partial charge on any atom is -0.407 e. The van der Waals surface area contributed by atoms with Crippen LogP contribution < -0.4 is 4.72 Å². The van der Waals surface area contributed by atoms with Crippen molar-refractivity contribution in [3.05, 3.63) is 5.89 Å². The van der Waals surface area contributed by atoms with Gasteiger partial charge in [-0.25, -0.2) is 13.1 Å². The molecule has 0 aromatic carbocycles. The van der Waals surface area contributed by atoms with E-state index < -0.39 is 10.0 Å². The molecule has 84 valence electrons. The quantitative estimate of drug-likeness (QED) is 0.787. The van der Waals surface area contributed by atoms with Crippen LogP contribution in [0.25, 0.3) is 0 Å². The second-order valence-electron chi connectivity index (χ2n) is 3.33. The van der Waals surface area contributed by atoms with Crippen molar-refractivity contribution in [1.29, 1.82) is 0 Å². The van der Waals surface area contributed by atoms with Gasteiger partial charge in [-0.3, -0.25) is 0 Å². The van der Waals surface area contributed by atoms with Crippen molar-refractivity contribution < 1.29 is 12.8 Å². The van der Waals surface area contributed by atoms with E-state index in [4.69, 9.17) is 16.0 Å². The molecule has 0 bridgehead atoms. The van der Waals surface area contributed by atoms with Crippen LogP contribution in [-0.4, -0.2) is 30.2 Å². The first-order valence-electron chi connectivity index (χ1n) is 4.50. The maximum atomic E-state index is 11.3. The molecule has 2 rings (SSSR count). The minimum absolute atomic E-state index is 0.0267. The number of halogens is 1. The van der Waals surface area contributed by atoms with Gasteiger partial charge in [0.05, 0.1) is 5.75 Å². The van der Waals surface area contributed by atoms with Gasteiger partial charge in [-0.1, -0.05) is 5.10 Å². The van der Waals surface area contributed by atoms with E-state index in [1.165, 1.54) is 0 Å². The first-order chi connectivity index (χ1) is 7.11. The van der Waals surface area contributed by atoms with Gasteiger partial charge in [-0.2, -0.15) is 0 Å². The number of rotatable bonds is 5. The summed E-state index contributed by atoms with van der Waals surface area (Å²) >= 11 is 5.33. The molecule has 1 heterocycles. The van der Waals surface area contributed by atoms with Gasteiger partial charge in [0.15, 0.2) is 0 Å². The van der Waals surface area contributed by atoms with E-state index in [0.29, 0.717) is 11.8 Å². The summed E-state index contributed by atoms with van der Waals surface area (Å²) in [7, 11) is -3.45.